The molecule has 0 saturated heterocycles. The van der Waals surface area contributed by atoms with E-state index in [-0.39, 0.29) is 6.10 Å². The van der Waals surface area contributed by atoms with E-state index in [1.54, 1.807) is 0 Å². The summed E-state index contributed by atoms with van der Waals surface area (Å²) >= 11 is 3.49. The van der Waals surface area contributed by atoms with Crippen LogP contribution in [0.5, 0.6) is 5.75 Å². The maximum Gasteiger partial charge on any atom is 0.120 e. The van der Waals surface area contributed by atoms with Crippen molar-refractivity contribution in [1.82, 2.24) is 0 Å². The van der Waals surface area contributed by atoms with Crippen LogP contribution in [-0.4, -0.2) is 12.6 Å². The minimum atomic E-state index is 0.290. The highest BCUT2D eigenvalue weighted by Gasteiger charge is 2.27. The van der Waals surface area contributed by atoms with Crippen LogP contribution in [0.2, 0.25) is 0 Å². The third-order valence-electron chi connectivity index (χ3n) is 3.95. The summed E-state index contributed by atoms with van der Waals surface area (Å²) in [6.07, 6.45) is 3.84. The molecular weight excluding hydrogens is 302 g/mol. The van der Waals surface area contributed by atoms with E-state index in [9.17, 15) is 0 Å². The summed E-state index contributed by atoms with van der Waals surface area (Å²) in [4.78, 5) is 0. The van der Waals surface area contributed by atoms with Crippen molar-refractivity contribution in [3.05, 3.63) is 40.9 Å². The summed E-state index contributed by atoms with van der Waals surface area (Å²) in [7, 11) is 0. The van der Waals surface area contributed by atoms with Crippen LogP contribution in [0.25, 0.3) is 10.8 Å². The van der Waals surface area contributed by atoms with Gasteiger partial charge in [-0.15, -0.1) is 0 Å². The molecule has 3 heteroatoms. The molecule has 2 N–H and O–H groups in total. The average Bonchev–Trinajstić information content (AvgIpc) is 2.86. The fourth-order valence-corrected chi connectivity index (χ4v) is 3.25. The van der Waals surface area contributed by atoms with Gasteiger partial charge in [-0.3, -0.25) is 0 Å². The van der Waals surface area contributed by atoms with E-state index < -0.39 is 0 Å². The molecule has 2 atom stereocenters. The second-order valence-electron chi connectivity index (χ2n) is 5.24. The van der Waals surface area contributed by atoms with Gasteiger partial charge in [0.05, 0.1) is 0 Å². The molecule has 1 aliphatic rings. The van der Waals surface area contributed by atoms with Crippen LogP contribution in [-0.2, 0) is 0 Å². The van der Waals surface area contributed by atoms with Crippen molar-refractivity contribution < 1.29 is 4.74 Å². The molecule has 0 bridgehead atoms. The largest absolute Gasteiger partial charge is 0.490 e. The average molecular weight is 320 g/mol. The Morgan fingerprint density at radius 2 is 1.89 bits per heavy atom. The molecule has 0 aromatic heterocycles. The lowest BCUT2D eigenvalue weighted by atomic mass is 10.1. The van der Waals surface area contributed by atoms with E-state index in [0.717, 1.165) is 23.2 Å². The summed E-state index contributed by atoms with van der Waals surface area (Å²) in [6.45, 7) is 0.727. The van der Waals surface area contributed by atoms with Crippen LogP contribution in [0, 0.1) is 5.92 Å². The molecule has 19 heavy (non-hydrogen) atoms. The summed E-state index contributed by atoms with van der Waals surface area (Å²) in [5.74, 6) is 1.47. The monoisotopic (exact) mass is 319 g/mol. The standard InChI is InChI=1S/C16H18BrNO/c17-14-6-4-12-9-15(7-5-11(12)8-14)19-16-3-1-2-13(16)10-18/h4-9,13,16H,1-3,10,18H2. The van der Waals surface area contributed by atoms with Crippen LogP contribution in [0.3, 0.4) is 0 Å². The molecule has 1 aliphatic carbocycles. The molecular formula is C16H18BrNO. The number of hydrogen-bond donors (Lipinski definition) is 1. The van der Waals surface area contributed by atoms with Gasteiger partial charge in [0.1, 0.15) is 11.9 Å². The van der Waals surface area contributed by atoms with Crippen LogP contribution >= 0.6 is 15.9 Å². The topological polar surface area (TPSA) is 35.2 Å². The van der Waals surface area contributed by atoms with E-state index >= 15 is 0 Å². The first-order chi connectivity index (χ1) is 9.26. The smallest absolute Gasteiger partial charge is 0.120 e. The van der Waals surface area contributed by atoms with Gasteiger partial charge in [0.15, 0.2) is 0 Å². The second kappa shape index (κ2) is 5.51. The molecule has 3 rings (SSSR count). The van der Waals surface area contributed by atoms with E-state index in [1.807, 2.05) is 0 Å². The van der Waals surface area contributed by atoms with E-state index in [0.29, 0.717) is 5.92 Å². The number of hydrogen-bond acceptors (Lipinski definition) is 2. The summed E-state index contributed by atoms with van der Waals surface area (Å²) in [5, 5.41) is 2.44. The molecule has 2 nitrogen and oxygen atoms in total. The summed E-state index contributed by atoms with van der Waals surface area (Å²) in [6, 6.07) is 12.6. The Bertz CT molecular complexity index is 584. The van der Waals surface area contributed by atoms with Gasteiger partial charge in [0.25, 0.3) is 0 Å². The van der Waals surface area contributed by atoms with Gasteiger partial charge in [0, 0.05) is 10.4 Å². The zero-order valence-corrected chi connectivity index (χ0v) is 12.4. The van der Waals surface area contributed by atoms with Crippen LogP contribution in [0.15, 0.2) is 40.9 Å². The second-order valence-corrected chi connectivity index (χ2v) is 6.15. The number of halogens is 1. The summed E-state index contributed by atoms with van der Waals surface area (Å²) < 4.78 is 7.23. The number of benzene rings is 2. The van der Waals surface area contributed by atoms with Crippen molar-refractivity contribution in [2.75, 3.05) is 6.54 Å². The Morgan fingerprint density at radius 1 is 1.11 bits per heavy atom. The molecule has 2 aromatic carbocycles. The Labute approximate surface area is 122 Å². The first-order valence-corrected chi connectivity index (χ1v) is 7.61. The number of ether oxygens (including phenoxy) is 1. The zero-order chi connectivity index (χ0) is 13.2. The SMILES string of the molecule is NCC1CCCC1Oc1ccc2cc(Br)ccc2c1. The number of nitrogens with two attached hydrogens (primary N) is 1. The highest BCUT2D eigenvalue weighted by molar-refractivity contribution is 9.10. The fraction of sp³-hybridized carbons (Fsp3) is 0.375. The molecule has 0 spiro atoms. The molecule has 1 fully saturated rings. The molecule has 1 saturated carbocycles. The molecule has 0 radical (unpaired) electrons. The van der Waals surface area contributed by atoms with Crippen LogP contribution in [0.1, 0.15) is 19.3 Å². The Kier molecular flexibility index (Phi) is 3.76. The molecule has 100 valence electrons. The summed E-state index contributed by atoms with van der Waals surface area (Å²) in [5.41, 5.74) is 5.80. The van der Waals surface area contributed by atoms with Gasteiger partial charge >= 0.3 is 0 Å². The van der Waals surface area contributed by atoms with Crippen LogP contribution in [0.4, 0.5) is 0 Å². The maximum absolute atomic E-state index is 6.13. The maximum atomic E-state index is 6.13. The van der Waals surface area contributed by atoms with E-state index in [4.69, 9.17) is 10.5 Å². The third kappa shape index (κ3) is 2.77. The number of fused-ring (bicyclic) bond motifs is 1. The van der Waals surface area contributed by atoms with Gasteiger partial charge < -0.3 is 10.5 Å². The lowest BCUT2D eigenvalue weighted by Crippen LogP contribution is -2.27. The Balaban J connectivity index is 1.83. The predicted octanol–water partition coefficient (Wildman–Crippen LogP) is 4.11. The predicted molar refractivity (Wildman–Crippen MR) is 82.5 cm³/mol. The van der Waals surface area contributed by atoms with Gasteiger partial charge in [-0.25, -0.2) is 0 Å². The fourth-order valence-electron chi connectivity index (χ4n) is 2.87. The normalized spacial score (nSPS) is 22.8. The van der Waals surface area contributed by atoms with Gasteiger partial charge in [-0.05, 0) is 60.8 Å². The Hall–Kier alpha value is -1.06. The first kappa shape index (κ1) is 12.9. The van der Waals surface area contributed by atoms with Crippen LogP contribution < -0.4 is 10.5 Å². The van der Waals surface area contributed by atoms with Crippen molar-refractivity contribution in [2.45, 2.75) is 25.4 Å². The van der Waals surface area contributed by atoms with E-state index in [2.05, 4.69) is 52.3 Å². The van der Waals surface area contributed by atoms with Gasteiger partial charge in [-0.1, -0.05) is 28.1 Å². The molecule has 2 unspecified atom stereocenters. The molecule has 0 heterocycles. The van der Waals surface area contributed by atoms with Crippen molar-refractivity contribution in [2.24, 2.45) is 11.7 Å². The number of rotatable bonds is 3. The van der Waals surface area contributed by atoms with Crippen molar-refractivity contribution in [3.8, 4) is 5.75 Å². The minimum Gasteiger partial charge on any atom is -0.490 e. The molecule has 0 aliphatic heterocycles. The highest BCUT2D eigenvalue weighted by atomic mass is 79.9. The lowest BCUT2D eigenvalue weighted by molar-refractivity contribution is 0.162. The third-order valence-corrected chi connectivity index (χ3v) is 4.45. The van der Waals surface area contributed by atoms with Crippen molar-refractivity contribution in [3.63, 3.8) is 0 Å². The van der Waals surface area contributed by atoms with E-state index in [1.165, 1.54) is 23.6 Å². The minimum absolute atomic E-state index is 0.290. The highest BCUT2D eigenvalue weighted by Crippen LogP contribution is 2.31. The van der Waals surface area contributed by atoms with Gasteiger partial charge in [0.2, 0.25) is 0 Å². The Morgan fingerprint density at radius 3 is 2.74 bits per heavy atom. The van der Waals surface area contributed by atoms with Gasteiger partial charge in [-0.2, -0.15) is 0 Å². The van der Waals surface area contributed by atoms with Crippen molar-refractivity contribution in [1.29, 1.82) is 0 Å². The molecule has 0 amide bonds. The lowest BCUT2D eigenvalue weighted by Gasteiger charge is -2.20. The molecule has 2 aromatic rings. The van der Waals surface area contributed by atoms with Crippen molar-refractivity contribution >= 4 is 26.7 Å². The zero-order valence-electron chi connectivity index (χ0n) is 10.8. The first-order valence-electron chi connectivity index (χ1n) is 6.82. The quantitative estimate of drug-likeness (QED) is 0.924.